The van der Waals surface area contributed by atoms with E-state index in [2.05, 4.69) is 11.8 Å². The van der Waals surface area contributed by atoms with Gasteiger partial charge in [0.15, 0.2) is 0 Å². The summed E-state index contributed by atoms with van der Waals surface area (Å²) in [5.74, 6) is 1.48. The molecule has 0 radical (unpaired) electrons. The lowest BCUT2D eigenvalue weighted by Crippen LogP contribution is -2.44. The van der Waals surface area contributed by atoms with Gasteiger partial charge in [0.1, 0.15) is 0 Å². The Morgan fingerprint density at radius 3 is 2.88 bits per heavy atom. The zero-order valence-corrected chi connectivity index (χ0v) is 10.4. The van der Waals surface area contributed by atoms with Crippen molar-refractivity contribution >= 4 is 0 Å². The van der Waals surface area contributed by atoms with E-state index in [9.17, 15) is 5.11 Å². The summed E-state index contributed by atoms with van der Waals surface area (Å²) in [4.78, 5) is 2.46. The highest BCUT2D eigenvalue weighted by atomic mass is 16.3. The molecule has 3 heteroatoms. The van der Waals surface area contributed by atoms with E-state index in [1.54, 1.807) is 0 Å². The first-order valence-electron chi connectivity index (χ1n) is 6.81. The molecule has 0 spiro atoms. The molecule has 3 nitrogen and oxygen atoms in total. The standard InChI is InChI=1S/C13H26N2O/c1-10-4-5-13(14)11(7-10)8-15-6-2-3-12(15)9-16/h10-13,16H,2-9,14H2,1H3. The molecule has 4 unspecified atom stereocenters. The number of hydrogen-bond acceptors (Lipinski definition) is 3. The van der Waals surface area contributed by atoms with Gasteiger partial charge in [0.25, 0.3) is 0 Å². The smallest absolute Gasteiger partial charge is 0.0586 e. The maximum absolute atomic E-state index is 9.31. The molecule has 4 atom stereocenters. The van der Waals surface area contributed by atoms with E-state index in [-0.39, 0.29) is 0 Å². The van der Waals surface area contributed by atoms with Gasteiger partial charge in [-0.15, -0.1) is 0 Å². The van der Waals surface area contributed by atoms with Crippen molar-refractivity contribution in [3.8, 4) is 0 Å². The van der Waals surface area contributed by atoms with Crippen LogP contribution >= 0.6 is 0 Å². The molecule has 0 amide bonds. The highest BCUT2D eigenvalue weighted by Gasteiger charge is 2.31. The number of aliphatic hydroxyl groups is 1. The lowest BCUT2D eigenvalue weighted by Gasteiger charge is -2.36. The molecule has 0 aromatic rings. The third-order valence-corrected chi connectivity index (χ3v) is 4.48. The summed E-state index contributed by atoms with van der Waals surface area (Å²) in [6, 6.07) is 0.792. The summed E-state index contributed by atoms with van der Waals surface area (Å²) in [6.07, 6.45) is 6.15. The monoisotopic (exact) mass is 226 g/mol. The van der Waals surface area contributed by atoms with Crippen LogP contribution in [0.5, 0.6) is 0 Å². The van der Waals surface area contributed by atoms with Crippen molar-refractivity contribution in [3.63, 3.8) is 0 Å². The highest BCUT2D eigenvalue weighted by molar-refractivity contribution is 4.87. The van der Waals surface area contributed by atoms with Crippen LogP contribution in [0.2, 0.25) is 0 Å². The van der Waals surface area contributed by atoms with E-state index in [1.807, 2.05) is 0 Å². The van der Waals surface area contributed by atoms with Crippen LogP contribution in [0, 0.1) is 11.8 Å². The van der Waals surface area contributed by atoms with Gasteiger partial charge in [-0.1, -0.05) is 6.92 Å². The van der Waals surface area contributed by atoms with Gasteiger partial charge in [-0.05, 0) is 50.5 Å². The minimum Gasteiger partial charge on any atom is -0.395 e. The summed E-state index contributed by atoms with van der Waals surface area (Å²) in [6.45, 7) is 4.92. The third-order valence-electron chi connectivity index (χ3n) is 4.48. The Bertz CT molecular complexity index is 222. The molecule has 1 heterocycles. The first-order chi connectivity index (χ1) is 7.70. The van der Waals surface area contributed by atoms with Gasteiger partial charge in [-0.25, -0.2) is 0 Å². The molecule has 1 saturated carbocycles. The van der Waals surface area contributed by atoms with Gasteiger partial charge in [-0.3, -0.25) is 4.90 Å². The first kappa shape index (κ1) is 12.3. The fraction of sp³-hybridized carbons (Fsp3) is 1.00. The third kappa shape index (κ3) is 2.76. The van der Waals surface area contributed by atoms with E-state index in [0.29, 0.717) is 24.6 Å². The van der Waals surface area contributed by atoms with Crippen LogP contribution < -0.4 is 5.73 Å². The van der Waals surface area contributed by atoms with Gasteiger partial charge in [-0.2, -0.15) is 0 Å². The van der Waals surface area contributed by atoms with Gasteiger partial charge in [0.2, 0.25) is 0 Å². The van der Waals surface area contributed by atoms with Crippen LogP contribution in [0.25, 0.3) is 0 Å². The van der Waals surface area contributed by atoms with Crippen LogP contribution in [0.15, 0.2) is 0 Å². The Morgan fingerprint density at radius 2 is 2.12 bits per heavy atom. The summed E-state index contributed by atoms with van der Waals surface area (Å²) in [5.41, 5.74) is 6.22. The van der Waals surface area contributed by atoms with Crippen molar-refractivity contribution in [2.75, 3.05) is 19.7 Å². The summed E-state index contributed by atoms with van der Waals surface area (Å²) in [5, 5.41) is 9.31. The number of hydrogen-bond donors (Lipinski definition) is 2. The molecular formula is C13H26N2O. The second-order valence-electron chi connectivity index (χ2n) is 5.82. The van der Waals surface area contributed by atoms with Gasteiger partial charge in [0, 0.05) is 18.6 Å². The average molecular weight is 226 g/mol. The van der Waals surface area contributed by atoms with Gasteiger partial charge in [0.05, 0.1) is 6.61 Å². The molecule has 2 rings (SSSR count). The second-order valence-corrected chi connectivity index (χ2v) is 5.82. The Labute approximate surface area is 99.0 Å². The normalized spacial score (nSPS) is 41.4. The Kier molecular flexibility index (Phi) is 4.22. The molecule has 2 fully saturated rings. The molecular weight excluding hydrogens is 200 g/mol. The zero-order chi connectivity index (χ0) is 11.5. The summed E-state index contributed by atoms with van der Waals surface area (Å²) in [7, 11) is 0. The Morgan fingerprint density at radius 1 is 1.31 bits per heavy atom. The van der Waals surface area contributed by atoms with E-state index < -0.39 is 0 Å². The minimum absolute atomic E-state index is 0.317. The molecule has 3 N–H and O–H groups in total. The molecule has 1 saturated heterocycles. The lowest BCUT2D eigenvalue weighted by atomic mass is 9.79. The molecule has 0 aromatic carbocycles. The molecule has 0 aromatic heterocycles. The molecule has 94 valence electrons. The minimum atomic E-state index is 0.317. The molecule has 0 bridgehead atoms. The molecule has 1 aliphatic heterocycles. The summed E-state index contributed by atoms with van der Waals surface area (Å²) >= 11 is 0. The Hall–Kier alpha value is -0.120. The van der Waals surface area contributed by atoms with Crippen LogP contribution in [0.4, 0.5) is 0 Å². The maximum Gasteiger partial charge on any atom is 0.0586 e. The number of nitrogens with zero attached hydrogens (tertiary/aromatic N) is 1. The van der Waals surface area contributed by atoms with Crippen LogP contribution in [-0.4, -0.2) is 41.8 Å². The van der Waals surface area contributed by atoms with E-state index in [4.69, 9.17) is 5.73 Å². The zero-order valence-electron chi connectivity index (χ0n) is 10.4. The van der Waals surface area contributed by atoms with Crippen molar-refractivity contribution < 1.29 is 5.11 Å². The maximum atomic E-state index is 9.31. The largest absolute Gasteiger partial charge is 0.395 e. The second kappa shape index (κ2) is 5.48. The quantitative estimate of drug-likeness (QED) is 0.760. The van der Waals surface area contributed by atoms with Crippen molar-refractivity contribution in [2.45, 2.75) is 51.1 Å². The average Bonchev–Trinajstić information content (AvgIpc) is 2.71. The lowest BCUT2D eigenvalue weighted by molar-refractivity contribution is 0.115. The SMILES string of the molecule is CC1CCC(N)C(CN2CCCC2CO)C1. The summed E-state index contributed by atoms with van der Waals surface area (Å²) < 4.78 is 0. The van der Waals surface area contributed by atoms with E-state index in [1.165, 1.54) is 25.7 Å². The van der Waals surface area contributed by atoms with Crippen LogP contribution in [-0.2, 0) is 0 Å². The predicted molar refractivity (Wildman–Crippen MR) is 66.2 cm³/mol. The first-order valence-corrected chi connectivity index (χ1v) is 6.81. The van der Waals surface area contributed by atoms with Crippen molar-refractivity contribution in [1.29, 1.82) is 0 Å². The van der Waals surface area contributed by atoms with Gasteiger partial charge >= 0.3 is 0 Å². The van der Waals surface area contributed by atoms with Crippen molar-refractivity contribution in [1.82, 2.24) is 4.90 Å². The number of likely N-dealkylation sites (tertiary alicyclic amines) is 1. The molecule has 16 heavy (non-hydrogen) atoms. The number of rotatable bonds is 3. The molecule has 1 aliphatic carbocycles. The van der Waals surface area contributed by atoms with Crippen LogP contribution in [0.1, 0.15) is 39.0 Å². The molecule has 2 aliphatic rings. The number of nitrogens with two attached hydrogens (primary N) is 1. The van der Waals surface area contributed by atoms with Crippen molar-refractivity contribution in [3.05, 3.63) is 0 Å². The fourth-order valence-electron chi connectivity index (χ4n) is 3.38. The van der Waals surface area contributed by atoms with E-state index in [0.717, 1.165) is 25.4 Å². The Balaban J connectivity index is 1.87. The van der Waals surface area contributed by atoms with Crippen LogP contribution in [0.3, 0.4) is 0 Å². The van der Waals surface area contributed by atoms with E-state index >= 15 is 0 Å². The van der Waals surface area contributed by atoms with Gasteiger partial charge < -0.3 is 10.8 Å². The highest BCUT2D eigenvalue weighted by Crippen LogP contribution is 2.30. The fourth-order valence-corrected chi connectivity index (χ4v) is 3.38. The topological polar surface area (TPSA) is 49.5 Å². The van der Waals surface area contributed by atoms with Crippen molar-refractivity contribution in [2.24, 2.45) is 17.6 Å². The predicted octanol–water partition coefficient (Wildman–Crippen LogP) is 1.21. The number of aliphatic hydroxyl groups excluding tert-OH is 1.